The van der Waals surface area contributed by atoms with Crippen molar-refractivity contribution in [2.75, 3.05) is 32.1 Å². The molecule has 0 spiro atoms. The largest absolute Gasteiger partial charge is 0.504 e. The Morgan fingerprint density at radius 3 is 2.60 bits per heavy atom. The van der Waals surface area contributed by atoms with E-state index in [1.807, 2.05) is 12.3 Å². The van der Waals surface area contributed by atoms with Gasteiger partial charge in [0.05, 0.1) is 19.1 Å². The highest BCUT2D eigenvalue weighted by Crippen LogP contribution is 2.30. The Kier molecular flexibility index (Phi) is 8.65. The molecule has 1 N–H and O–H groups in total. The topological polar surface area (TPSA) is 51.6 Å². The Balaban J connectivity index is 1.44. The van der Waals surface area contributed by atoms with Crippen LogP contribution in [0.2, 0.25) is 25.7 Å². The second kappa shape index (κ2) is 11.9. The smallest absolute Gasteiger partial charge is 0.143 e. The predicted molar refractivity (Wildman–Crippen MR) is 148 cm³/mol. The van der Waals surface area contributed by atoms with E-state index in [9.17, 15) is 0 Å². The molecule has 0 atom stereocenters. The van der Waals surface area contributed by atoms with E-state index in [1.165, 1.54) is 11.6 Å². The lowest BCUT2D eigenvalue weighted by atomic mass is 10.0. The van der Waals surface area contributed by atoms with Gasteiger partial charge >= 0.3 is 0 Å². The number of benzene rings is 1. The fourth-order valence-corrected chi connectivity index (χ4v) is 5.27. The zero-order valence-corrected chi connectivity index (χ0v) is 22.7. The summed E-state index contributed by atoms with van der Waals surface area (Å²) in [6, 6.07) is 14.5. The first kappa shape index (κ1) is 25.5. The number of nitrogens with one attached hydrogen (secondary N) is 1. The third-order valence-corrected chi connectivity index (χ3v) is 8.32. The monoisotopic (exact) mass is 492 g/mol. The summed E-state index contributed by atoms with van der Waals surface area (Å²) in [4.78, 5) is 7.32. The zero-order valence-electron chi connectivity index (χ0n) is 21.7. The molecule has 188 valence electrons. The first-order valence-electron chi connectivity index (χ1n) is 12.7. The summed E-state index contributed by atoms with van der Waals surface area (Å²) in [6.45, 7) is 11.7. The minimum Gasteiger partial charge on any atom is -0.504 e. The molecule has 0 saturated carbocycles. The third-order valence-electron chi connectivity index (χ3n) is 6.61. The van der Waals surface area contributed by atoms with Gasteiger partial charge in [0, 0.05) is 63.7 Å². The Morgan fingerprint density at radius 1 is 1.11 bits per heavy atom. The van der Waals surface area contributed by atoms with Crippen molar-refractivity contribution in [1.29, 1.82) is 0 Å². The number of ether oxygens (including phenoxy) is 2. The number of likely N-dealkylation sites (tertiary alicyclic amines) is 1. The van der Waals surface area contributed by atoms with Gasteiger partial charge in [0.25, 0.3) is 0 Å². The van der Waals surface area contributed by atoms with Gasteiger partial charge in [-0.05, 0) is 36.6 Å². The quantitative estimate of drug-likeness (QED) is 0.201. The number of piperidine rings is 1. The molecule has 2 aromatic heterocycles. The number of anilines is 1. The fraction of sp³-hybridized carbons (Fsp3) is 0.464. The molecule has 1 aliphatic rings. The van der Waals surface area contributed by atoms with Crippen molar-refractivity contribution in [3.8, 4) is 0 Å². The van der Waals surface area contributed by atoms with Gasteiger partial charge in [0.2, 0.25) is 0 Å². The molecule has 6 nitrogen and oxygen atoms in total. The van der Waals surface area contributed by atoms with Crippen molar-refractivity contribution < 1.29 is 9.47 Å². The maximum absolute atomic E-state index is 6.01. The second-order valence-electron chi connectivity index (χ2n) is 10.7. The summed E-state index contributed by atoms with van der Waals surface area (Å²) >= 11 is 0. The van der Waals surface area contributed by atoms with E-state index in [-0.39, 0.29) is 0 Å². The van der Waals surface area contributed by atoms with Gasteiger partial charge in [-0.2, -0.15) is 0 Å². The van der Waals surface area contributed by atoms with Gasteiger partial charge in [0.1, 0.15) is 12.4 Å². The van der Waals surface area contributed by atoms with E-state index >= 15 is 0 Å². The minimum atomic E-state index is -1.10. The Morgan fingerprint density at radius 2 is 1.89 bits per heavy atom. The highest BCUT2D eigenvalue weighted by atomic mass is 28.3. The maximum atomic E-state index is 6.01. The SMILES string of the molecule is CO/C=C/c1cnc2c(ccn2COCC[Si](C)(C)C)c1NC1CCN(Cc2ccccc2)CC1. The molecule has 1 aliphatic heterocycles. The van der Waals surface area contributed by atoms with E-state index in [2.05, 4.69) is 77.0 Å². The Labute approximate surface area is 211 Å². The van der Waals surface area contributed by atoms with E-state index in [0.29, 0.717) is 12.8 Å². The molecule has 1 aromatic carbocycles. The van der Waals surface area contributed by atoms with Crippen LogP contribution < -0.4 is 5.32 Å². The van der Waals surface area contributed by atoms with E-state index in [0.717, 1.165) is 61.4 Å². The Bertz CT molecular complexity index is 1100. The van der Waals surface area contributed by atoms with Crippen molar-refractivity contribution in [1.82, 2.24) is 14.5 Å². The molecule has 4 rings (SSSR count). The summed E-state index contributed by atoms with van der Waals surface area (Å²) < 4.78 is 13.3. The molecule has 0 radical (unpaired) electrons. The van der Waals surface area contributed by atoms with Crippen LogP contribution in [0.15, 0.2) is 55.1 Å². The summed E-state index contributed by atoms with van der Waals surface area (Å²) in [5.74, 6) is 0. The van der Waals surface area contributed by atoms with E-state index in [1.54, 1.807) is 13.4 Å². The van der Waals surface area contributed by atoms with Crippen LogP contribution in [0.4, 0.5) is 5.69 Å². The van der Waals surface area contributed by atoms with Gasteiger partial charge < -0.3 is 19.4 Å². The fourth-order valence-electron chi connectivity index (χ4n) is 4.51. The third kappa shape index (κ3) is 7.19. The average molecular weight is 493 g/mol. The molecule has 7 heteroatoms. The Hall–Kier alpha value is -2.61. The average Bonchev–Trinajstić information content (AvgIpc) is 3.26. The molecular weight excluding hydrogens is 452 g/mol. The molecule has 1 saturated heterocycles. The van der Waals surface area contributed by atoms with Crippen molar-refractivity contribution in [3.63, 3.8) is 0 Å². The lowest BCUT2D eigenvalue weighted by molar-refractivity contribution is 0.0899. The highest BCUT2D eigenvalue weighted by molar-refractivity contribution is 6.76. The van der Waals surface area contributed by atoms with Crippen molar-refractivity contribution in [3.05, 3.63) is 66.2 Å². The van der Waals surface area contributed by atoms with Gasteiger partial charge in [-0.3, -0.25) is 4.90 Å². The summed E-state index contributed by atoms with van der Waals surface area (Å²) in [5, 5.41) is 4.99. The van der Waals surface area contributed by atoms with Crippen LogP contribution >= 0.6 is 0 Å². The molecule has 1 fully saturated rings. The molecule has 3 aromatic rings. The van der Waals surface area contributed by atoms with Gasteiger partial charge in [-0.15, -0.1) is 0 Å². The lowest BCUT2D eigenvalue weighted by Gasteiger charge is -2.33. The standard InChI is InChI=1S/C28H40N4O2Si/c1-33-17-13-24-20-29-28-26(12-16-32(28)22-34-18-19-35(2,3)4)27(24)30-25-10-14-31(15-11-25)21-23-8-6-5-7-9-23/h5-9,12-13,16-17,20,25H,10-11,14-15,18-19,21-22H2,1-4H3,(H,29,30)/b17-13+. The first-order chi connectivity index (χ1) is 16.9. The highest BCUT2D eigenvalue weighted by Gasteiger charge is 2.21. The maximum Gasteiger partial charge on any atom is 0.143 e. The van der Waals surface area contributed by atoms with Crippen LogP contribution in [0.1, 0.15) is 24.0 Å². The number of rotatable bonds is 11. The zero-order chi connectivity index (χ0) is 24.7. The van der Waals surface area contributed by atoms with Gasteiger partial charge in [-0.1, -0.05) is 50.0 Å². The number of pyridine rings is 1. The second-order valence-corrected chi connectivity index (χ2v) is 16.3. The van der Waals surface area contributed by atoms with Gasteiger partial charge in [-0.25, -0.2) is 4.98 Å². The van der Waals surface area contributed by atoms with Crippen LogP contribution in [0.3, 0.4) is 0 Å². The van der Waals surface area contributed by atoms with Crippen molar-refractivity contribution >= 4 is 30.9 Å². The van der Waals surface area contributed by atoms with Crippen LogP contribution in [-0.4, -0.2) is 55.4 Å². The number of hydrogen-bond acceptors (Lipinski definition) is 5. The molecule has 0 unspecified atom stereocenters. The minimum absolute atomic E-state index is 0.429. The van der Waals surface area contributed by atoms with Gasteiger partial charge in [0.15, 0.2) is 0 Å². The van der Waals surface area contributed by atoms with Crippen LogP contribution in [-0.2, 0) is 22.7 Å². The number of aromatic nitrogens is 2. The molecule has 35 heavy (non-hydrogen) atoms. The molecular formula is C28H40N4O2Si. The van der Waals surface area contributed by atoms with Crippen LogP contribution in [0, 0.1) is 0 Å². The van der Waals surface area contributed by atoms with Crippen molar-refractivity contribution in [2.24, 2.45) is 0 Å². The summed E-state index contributed by atoms with van der Waals surface area (Å²) in [7, 11) is 0.576. The van der Waals surface area contributed by atoms with Crippen molar-refractivity contribution in [2.45, 2.75) is 57.8 Å². The number of nitrogens with zero attached hydrogens (tertiary/aromatic N) is 3. The summed E-state index contributed by atoms with van der Waals surface area (Å²) in [6.07, 6.45) is 9.95. The first-order valence-corrected chi connectivity index (χ1v) is 16.4. The number of methoxy groups -OCH3 is 1. The lowest BCUT2D eigenvalue weighted by Crippen LogP contribution is -2.38. The normalized spacial score (nSPS) is 15.8. The summed E-state index contributed by atoms with van der Waals surface area (Å²) in [5.41, 5.74) is 4.51. The van der Waals surface area contributed by atoms with E-state index < -0.39 is 8.07 Å². The molecule has 3 heterocycles. The number of fused-ring (bicyclic) bond motifs is 1. The predicted octanol–water partition coefficient (Wildman–Crippen LogP) is 6.04. The number of hydrogen-bond donors (Lipinski definition) is 1. The molecule has 0 aliphatic carbocycles. The van der Waals surface area contributed by atoms with Crippen LogP contribution in [0.25, 0.3) is 17.1 Å². The molecule has 0 bridgehead atoms. The van der Waals surface area contributed by atoms with E-state index in [4.69, 9.17) is 14.5 Å². The van der Waals surface area contributed by atoms with Crippen LogP contribution in [0.5, 0.6) is 0 Å². The molecule has 0 amide bonds.